The summed E-state index contributed by atoms with van der Waals surface area (Å²) in [6, 6.07) is 3.83. The lowest BCUT2D eigenvalue weighted by Gasteiger charge is -2.09. The van der Waals surface area contributed by atoms with Crippen LogP contribution in [0.3, 0.4) is 0 Å². The van der Waals surface area contributed by atoms with Crippen molar-refractivity contribution in [2.75, 3.05) is 11.9 Å². The Hall–Kier alpha value is -1.60. The number of fused-ring (bicyclic) bond motifs is 1. The van der Waals surface area contributed by atoms with Crippen LogP contribution in [0.2, 0.25) is 0 Å². The smallest absolute Gasteiger partial charge is 0.262 e. The zero-order valence-corrected chi connectivity index (χ0v) is 12.9. The molecule has 20 heavy (non-hydrogen) atoms. The van der Waals surface area contributed by atoms with Crippen molar-refractivity contribution in [2.24, 2.45) is 5.92 Å². The number of carbonyl (C=O) groups excluding carboxylic acids is 1. The van der Waals surface area contributed by atoms with E-state index in [2.05, 4.69) is 40.1 Å². The third-order valence-electron chi connectivity index (χ3n) is 2.80. The first kappa shape index (κ1) is 14.8. The zero-order valence-electron chi connectivity index (χ0n) is 11.4. The van der Waals surface area contributed by atoms with Crippen LogP contribution < -0.4 is 10.8 Å². The Labute approximate surface area is 125 Å². The summed E-state index contributed by atoms with van der Waals surface area (Å²) in [7, 11) is 0. The Bertz CT molecular complexity index is 624. The fraction of sp³-hybridized carbons (Fsp3) is 0.385. The van der Waals surface area contributed by atoms with Crippen LogP contribution >= 0.6 is 15.9 Å². The lowest BCUT2D eigenvalue weighted by atomic mass is 10.1. The maximum atomic E-state index is 11.2. The minimum Gasteiger partial charge on any atom is -0.360 e. The van der Waals surface area contributed by atoms with Crippen molar-refractivity contribution < 1.29 is 10.0 Å². The largest absolute Gasteiger partial charge is 0.360 e. The molecule has 0 radical (unpaired) electrons. The van der Waals surface area contributed by atoms with Crippen molar-refractivity contribution >= 4 is 33.3 Å². The monoisotopic (exact) mass is 340 g/mol. The maximum Gasteiger partial charge on any atom is 0.262 e. The second-order valence-corrected chi connectivity index (χ2v) is 5.88. The fourth-order valence-corrected chi connectivity index (χ4v) is 2.32. The molecule has 7 heteroatoms. The molecule has 3 N–H and O–H groups in total. The molecule has 2 aromatic heterocycles. The molecule has 0 aliphatic carbocycles. The Balaban J connectivity index is 2.40. The molecule has 0 saturated heterocycles. The maximum absolute atomic E-state index is 11.2. The van der Waals surface area contributed by atoms with Crippen LogP contribution in [0.15, 0.2) is 22.8 Å². The Kier molecular flexibility index (Phi) is 4.61. The summed E-state index contributed by atoms with van der Waals surface area (Å²) in [6.07, 6.45) is 2.70. The molecule has 6 nitrogen and oxygen atoms in total. The summed E-state index contributed by atoms with van der Waals surface area (Å²) >= 11 is 3.42. The summed E-state index contributed by atoms with van der Waals surface area (Å²) in [5, 5.41) is 11.6. The number of rotatable bonds is 5. The van der Waals surface area contributed by atoms with Gasteiger partial charge in [-0.3, -0.25) is 14.4 Å². The minimum absolute atomic E-state index is 0.0120. The number of amides is 1. The average molecular weight is 341 g/mol. The highest BCUT2D eigenvalue weighted by molar-refractivity contribution is 9.10. The average Bonchev–Trinajstić information content (AvgIpc) is 2.72. The van der Waals surface area contributed by atoms with Gasteiger partial charge in [0.1, 0.15) is 11.5 Å². The van der Waals surface area contributed by atoms with Crippen molar-refractivity contribution in [1.82, 2.24) is 14.9 Å². The molecule has 1 amide bonds. The standard InChI is InChI=1S/C13H17BrN4O2/c1-8(2)5-10-13(15-6-12(19)17-20)18-7-9(14)3-4-11(18)16-10/h3-4,7-8,15,20H,5-6H2,1-2H3,(H,17,19). The van der Waals surface area contributed by atoms with E-state index in [-0.39, 0.29) is 6.54 Å². The highest BCUT2D eigenvalue weighted by Crippen LogP contribution is 2.23. The number of hydrogen-bond acceptors (Lipinski definition) is 4. The summed E-state index contributed by atoms with van der Waals surface area (Å²) in [5.74, 6) is 0.736. The minimum atomic E-state index is -0.495. The van der Waals surface area contributed by atoms with Crippen molar-refractivity contribution in [3.05, 3.63) is 28.5 Å². The molecule has 2 aromatic rings. The predicted octanol–water partition coefficient (Wildman–Crippen LogP) is 2.21. The highest BCUT2D eigenvalue weighted by Gasteiger charge is 2.14. The molecule has 2 heterocycles. The van der Waals surface area contributed by atoms with E-state index in [0.29, 0.717) is 5.92 Å². The summed E-state index contributed by atoms with van der Waals surface area (Å²) < 4.78 is 2.82. The Morgan fingerprint density at radius 1 is 1.50 bits per heavy atom. The fourth-order valence-electron chi connectivity index (χ4n) is 1.99. The molecule has 0 unspecified atom stereocenters. The lowest BCUT2D eigenvalue weighted by molar-refractivity contribution is -0.127. The number of hydrogen-bond donors (Lipinski definition) is 3. The molecule has 0 aromatic carbocycles. The van der Waals surface area contributed by atoms with E-state index < -0.39 is 5.91 Å². The number of imidazole rings is 1. The van der Waals surface area contributed by atoms with Crippen LogP contribution in [0.5, 0.6) is 0 Å². The molecule has 0 spiro atoms. The molecule has 108 valence electrons. The Morgan fingerprint density at radius 3 is 2.90 bits per heavy atom. The van der Waals surface area contributed by atoms with Crippen molar-refractivity contribution in [3.8, 4) is 0 Å². The van der Waals surface area contributed by atoms with E-state index in [1.807, 2.05) is 22.7 Å². The second-order valence-electron chi connectivity index (χ2n) is 4.97. The van der Waals surface area contributed by atoms with E-state index in [1.54, 1.807) is 5.48 Å². The first-order chi connectivity index (χ1) is 9.51. The second kappa shape index (κ2) is 6.23. The third kappa shape index (κ3) is 3.29. The van der Waals surface area contributed by atoms with Crippen LogP contribution in [0.4, 0.5) is 5.82 Å². The number of pyridine rings is 1. The SMILES string of the molecule is CC(C)Cc1nc2ccc(Br)cn2c1NCC(=O)NO. The van der Waals surface area contributed by atoms with Gasteiger partial charge in [-0.15, -0.1) is 0 Å². The molecule has 0 saturated carbocycles. The molecular weight excluding hydrogens is 324 g/mol. The third-order valence-corrected chi connectivity index (χ3v) is 3.27. The van der Waals surface area contributed by atoms with Gasteiger partial charge in [-0.2, -0.15) is 0 Å². The van der Waals surface area contributed by atoms with E-state index in [4.69, 9.17) is 5.21 Å². The highest BCUT2D eigenvalue weighted by atomic mass is 79.9. The molecule has 0 atom stereocenters. The van der Waals surface area contributed by atoms with Gasteiger partial charge < -0.3 is 5.32 Å². The number of hydroxylamine groups is 1. The van der Waals surface area contributed by atoms with Crippen molar-refractivity contribution in [2.45, 2.75) is 20.3 Å². The van der Waals surface area contributed by atoms with Crippen molar-refractivity contribution in [3.63, 3.8) is 0 Å². The van der Waals surface area contributed by atoms with Crippen LogP contribution in [0.1, 0.15) is 19.5 Å². The van der Waals surface area contributed by atoms with Crippen LogP contribution in [0, 0.1) is 5.92 Å². The number of nitrogens with one attached hydrogen (secondary N) is 2. The normalized spacial score (nSPS) is 11.1. The van der Waals surface area contributed by atoms with E-state index in [1.165, 1.54) is 0 Å². The van der Waals surface area contributed by atoms with Gasteiger partial charge in [-0.05, 0) is 40.4 Å². The van der Waals surface area contributed by atoms with Gasteiger partial charge in [-0.25, -0.2) is 10.5 Å². The quantitative estimate of drug-likeness (QED) is 0.576. The number of aromatic nitrogens is 2. The summed E-state index contributed by atoms with van der Waals surface area (Å²) in [4.78, 5) is 15.8. The number of carbonyl (C=O) groups is 1. The molecular formula is C13H17BrN4O2. The van der Waals surface area contributed by atoms with E-state index in [0.717, 1.165) is 28.1 Å². The number of nitrogens with zero attached hydrogens (tertiary/aromatic N) is 2. The molecule has 2 rings (SSSR count). The van der Waals surface area contributed by atoms with Gasteiger partial charge in [-0.1, -0.05) is 13.8 Å². The van der Waals surface area contributed by atoms with Gasteiger partial charge in [0.15, 0.2) is 0 Å². The van der Waals surface area contributed by atoms with Gasteiger partial charge in [0.05, 0.1) is 12.2 Å². The summed E-state index contributed by atoms with van der Waals surface area (Å²) in [6.45, 7) is 4.22. The first-order valence-electron chi connectivity index (χ1n) is 6.34. The van der Waals surface area contributed by atoms with Gasteiger partial charge in [0.25, 0.3) is 5.91 Å². The van der Waals surface area contributed by atoms with Gasteiger partial charge in [0, 0.05) is 10.7 Å². The van der Waals surface area contributed by atoms with Crippen LogP contribution in [0.25, 0.3) is 5.65 Å². The summed E-state index contributed by atoms with van der Waals surface area (Å²) in [5.41, 5.74) is 3.33. The number of halogens is 1. The van der Waals surface area contributed by atoms with Crippen molar-refractivity contribution in [1.29, 1.82) is 0 Å². The lowest BCUT2D eigenvalue weighted by Crippen LogP contribution is -2.27. The van der Waals surface area contributed by atoms with Gasteiger partial charge >= 0.3 is 0 Å². The van der Waals surface area contributed by atoms with Crippen LogP contribution in [-0.2, 0) is 11.2 Å². The first-order valence-corrected chi connectivity index (χ1v) is 7.14. The van der Waals surface area contributed by atoms with E-state index >= 15 is 0 Å². The number of anilines is 1. The van der Waals surface area contributed by atoms with Crippen LogP contribution in [-0.4, -0.2) is 27.0 Å². The topological polar surface area (TPSA) is 78.7 Å². The van der Waals surface area contributed by atoms with E-state index in [9.17, 15) is 4.79 Å². The molecule has 0 aliphatic heterocycles. The zero-order chi connectivity index (χ0) is 14.7. The molecule has 0 bridgehead atoms. The van der Waals surface area contributed by atoms with Gasteiger partial charge in [0.2, 0.25) is 0 Å². The molecule has 0 fully saturated rings. The Morgan fingerprint density at radius 2 is 2.25 bits per heavy atom. The molecule has 0 aliphatic rings. The predicted molar refractivity (Wildman–Crippen MR) is 79.9 cm³/mol.